The molecular formula is C26H26N2O2S. The smallest absolute Gasteiger partial charge is 0.266 e. The van der Waals surface area contributed by atoms with Crippen LogP contribution < -0.4 is 5.56 Å². The zero-order chi connectivity index (χ0) is 21.7. The Kier molecular flexibility index (Phi) is 5.03. The number of hydrogen-bond acceptors (Lipinski definition) is 4. The monoisotopic (exact) mass is 430 g/mol. The fourth-order valence-electron chi connectivity index (χ4n) is 5.38. The van der Waals surface area contributed by atoms with Crippen LogP contribution in [0.25, 0.3) is 32.1 Å². The van der Waals surface area contributed by atoms with Gasteiger partial charge in [-0.25, -0.2) is 0 Å². The highest BCUT2D eigenvalue weighted by molar-refractivity contribution is 7.17. The zero-order valence-corrected chi connectivity index (χ0v) is 18.9. The van der Waals surface area contributed by atoms with E-state index in [0.29, 0.717) is 22.2 Å². The number of thiophene rings is 1. The number of aryl methyl sites for hydroxylation is 1. The van der Waals surface area contributed by atoms with Crippen LogP contribution in [-0.4, -0.2) is 36.3 Å². The number of nitrogens with one attached hydrogen (secondary N) is 1. The minimum atomic E-state index is -0.0725. The van der Waals surface area contributed by atoms with Crippen molar-refractivity contribution < 1.29 is 4.79 Å². The second-order valence-corrected chi connectivity index (χ2v) is 9.75. The van der Waals surface area contributed by atoms with Gasteiger partial charge >= 0.3 is 0 Å². The molecule has 31 heavy (non-hydrogen) atoms. The average molecular weight is 431 g/mol. The average Bonchev–Trinajstić information content (AvgIpc) is 3.45. The number of aromatic amines is 1. The van der Waals surface area contributed by atoms with Crippen LogP contribution in [0.5, 0.6) is 0 Å². The fraction of sp³-hybridized carbons (Fsp3) is 0.308. The van der Waals surface area contributed by atoms with Crippen molar-refractivity contribution in [2.45, 2.75) is 38.1 Å². The minimum Gasteiger partial charge on any atom is -0.320 e. The molecule has 2 aromatic heterocycles. The second kappa shape index (κ2) is 7.74. The maximum atomic E-state index is 12.6. The van der Waals surface area contributed by atoms with E-state index in [9.17, 15) is 9.59 Å². The molecule has 4 aromatic rings. The molecule has 1 fully saturated rings. The van der Waals surface area contributed by atoms with Crippen molar-refractivity contribution in [3.05, 3.63) is 68.8 Å². The number of nitrogens with zero attached hydrogens (tertiary/aromatic N) is 1. The van der Waals surface area contributed by atoms with Gasteiger partial charge in [-0.15, -0.1) is 11.3 Å². The van der Waals surface area contributed by atoms with Crippen molar-refractivity contribution in [1.82, 2.24) is 9.88 Å². The van der Waals surface area contributed by atoms with E-state index in [-0.39, 0.29) is 5.56 Å². The number of fused-ring (bicyclic) bond motifs is 3. The molecular weight excluding hydrogens is 404 g/mol. The maximum absolute atomic E-state index is 12.6. The third-order valence-corrected chi connectivity index (χ3v) is 7.74. The topological polar surface area (TPSA) is 53.2 Å². The van der Waals surface area contributed by atoms with Gasteiger partial charge in [-0.3, -0.25) is 9.59 Å². The summed E-state index contributed by atoms with van der Waals surface area (Å²) in [5.41, 5.74) is 5.57. The van der Waals surface area contributed by atoms with Crippen LogP contribution in [0.1, 0.15) is 46.7 Å². The first-order valence-electron chi connectivity index (χ1n) is 10.8. The van der Waals surface area contributed by atoms with E-state index in [1.165, 1.54) is 36.2 Å². The number of aromatic nitrogens is 1. The van der Waals surface area contributed by atoms with Crippen molar-refractivity contribution in [3.63, 3.8) is 0 Å². The Balaban J connectivity index is 1.72. The lowest BCUT2D eigenvalue weighted by Gasteiger charge is -2.26. The van der Waals surface area contributed by atoms with Crippen LogP contribution in [0, 0.1) is 6.92 Å². The van der Waals surface area contributed by atoms with Gasteiger partial charge in [0.05, 0.1) is 5.52 Å². The second-order valence-electron chi connectivity index (χ2n) is 8.83. The molecule has 0 aliphatic heterocycles. The molecule has 2 aromatic carbocycles. The Bertz CT molecular complexity index is 1350. The number of carbonyl (C=O) groups excluding carboxylic acids is 1. The standard InChI is InChI=1S/C26H26N2O2S/c1-15-13-18(14-29)22(23-20-11-12-31-25(20)26(30)27-24(15)23)17-9-7-16(8-10-17)19-5-4-6-21(19)28(2)3/h7-14,19,21H,4-6H2,1-3H3,(H,27,30). The summed E-state index contributed by atoms with van der Waals surface area (Å²) in [5.74, 6) is 0.546. The molecule has 5 rings (SSSR count). The summed E-state index contributed by atoms with van der Waals surface area (Å²) < 4.78 is 0.701. The van der Waals surface area contributed by atoms with Crippen LogP contribution in [0.3, 0.4) is 0 Å². The lowest BCUT2D eigenvalue weighted by Crippen LogP contribution is -2.29. The van der Waals surface area contributed by atoms with Gasteiger partial charge in [0.25, 0.3) is 5.56 Å². The quantitative estimate of drug-likeness (QED) is 0.421. The third-order valence-electron chi connectivity index (χ3n) is 6.83. The van der Waals surface area contributed by atoms with Gasteiger partial charge in [0.15, 0.2) is 6.29 Å². The van der Waals surface area contributed by atoms with Gasteiger partial charge in [-0.05, 0) is 74.0 Å². The Hall–Kier alpha value is -2.76. The molecule has 0 radical (unpaired) electrons. The lowest BCUT2D eigenvalue weighted by atomic mass is 9.88. The molecule has 4 nitrogen and oxygen atoms in total. The number of H-pyrrole nitrogens is 1. The molecule has 1 N–H and O–H groups in total. The Morgan fingerprint density at radius 1 is 1.13 bits per heavy atom. The van der Waals surface area contributed by atoms with Gasteiger partial charge in [0.2, 0.25) is 0 Å². The van der Waals surface area contributed by atoms with E-state index in [1.54, 1.807) is 0 Å². The highest BCUT2D eigenvalue weighted by Gasteiger charge is 2.30. The Morgan fingerprint density at radius 3 is 2.61 bits per heavy atom. The molecule has 1 aliphatic carbocycles. The molecule has 1 saturated carbocycles. The van der Waals surface area contributed by atoms with Gasteiger partial charge < -0.3 is 9.88 Å². The number of pyridine rings is 1. The predicted molar refractivity (Wildman–Crippen MR) is 130 cm³/mol. The van der Waals surface area contributed by atoms with Crippen LogP contribution in [0.2, 0.25) is 0 Å². The van der Waals surface area contributed by atoms with E-state index in [0.717, 1.165) is 39.3 Å². The summed E-state index contributed by atoms with van der Waals surface area (Å²) in [6.45, 7) is 1.94. The van der Waals surface area contributed by atoms with Gasteiger partial charge in [-0.2, -0.15) is 0 Å². The molecule has 0 saturated heterocycles. The molecule has 0 spiro atoms. The zero-order valence-electron chi connectivity index (χ0n) is 18.1. The molecule has 158 valence electrons. The van der Waals surface area contributed by atoms with E-state index < -0.39 is 0 Å². The fourth-order valence-corrected chi connectivity index (χ4v) is 6.17. The number of carbonyl (C=O) groups is 1. The molecule has 5 heteroatoms. The Labute approximate surface area is 185 Å². The van der Waals surface area contributed by atoms with Crippen molar-refractivity contribution in [2.75, 3.05) is 14.1 Å². The Morgan fingerprint density at radius 2 is 1.90 bits per heavy atom. The molecule has 2 heterocycles. The first-order chi connectivity index (χ1) is 15.0. The molecule has 2 unspecified atom stereocenters. The van der Waals surface area contributed by atoms with E-state index >= 15 is 0 Å². The van der Waals surface area contributed by atoms with Crippen LogP contribution in [0.15, 0.2) is 46.6 Å². The molecule has 0 bridgehead atoms. The number of benzene rings is 2. The minimum absolute atomic E-state index is 0.0725. The van der Waals surface area contributed by atoms with Crippen LogP contribution in [0.4, 0.5) is 0 Å². The highest BCUT2D eigenvalue weighted by atomic mass is 32.1. The van der Waals surface area contributed by atoms with Crippen molar-refractivity contribution >= 4 is 38.6 Å². The normalized spacial score (nSPS) is 19.0. The summed E-state index contributed by atoms with van der Waals surface area (Å²) in [7, 11) is 4.33. The lowest BCUT2D eigenvalue weighted by molar-refractivity contribution is 0.112. The summed E-state index contributed by atoms with van der Waals surface area (Å²) in [6.07, 6.45) is 4.64. The largest absolute Gasteiger partial charge is 0.320 e. The summed E-state index contributed by atoms with van der Waals surface area (Å²) in [6, 6.07) is 13.2. The van der Waals surface area contributed by atoms with Gasteiger partial charge in [-0.1, -0.05) is 30.7 Å². The summed E-state index contributed by atoms with van der Waals surface area (Å²) >= 11 is 1.44. The summed E-state index contributed by atoms with van der Waals surface area (Å²) in [5, 5.41) is 3.81. The third kappa shape index (κ3) is 3.24. The first kappa shape index (κ1) is 20.2. The van der Waals surface area contributed by atoms with Crippen molar-refractivity contribution in [1.29, 1.82) is 0 Å². The SMILES string of the molecule is Cc1cc(C=O)c(-c2ccc(C3CCCC3N(C)C)cc2)c2c1[nH]c(=O)c1sccc12. The molecule has 1 aliphatic rings. The molecule has 0 amide bonds. The van der Waals surface area contributed by atoms with Crippen LogP contribution >= 0.6 is 11.3 Å². The van der Waals surface area contributed by atoms with Crippen LogP contribution in [-0.2, 0) is 0 Å². The van der Waals surface area contributed by atoms with Crippen molar-refractivity contribution in [3.8, 4) is 11.1 Å². The van der Waals surface area contributed by atoms with Gasteiger partial charge in [0.1, 0.15) is 4.70 Å². The highest BCUT2D eigenvalue weighted by Crippen LogP contribution is 2.40. The number of aldehydes is 1. The maximum Gasteiger partial charge on any atom is 0.266 e. The number of likely N-dealkylation sites (N-methyl/N-ethyl adjacent to an activating group) is 1. The molecule has 2 atom stereocenters. The van der Waals surface area contributed by atoms with E-state index in [1.807, 2.05) is 24.4 Å². The van der Waals surface area contributed by atoms with Gasteiger partial charge in [0, 0.05) is 27.9 Å². The number of hydrogen-bond donors (Lipinski definition) is 1. The van der Waals surface area contributed by atoms with E-state index in [2.05, 4.69) is 48.2 Å². The summed E-state index contributed by atoms with van der Waals surface area (Å²) in [4.78, 5) is 30.0. The van der Waals surface area contributed by atoms with E-state index in [4.69, 9.17) is 0 Å². The first-order valence-corrected chi connectivity index (χ1v) is 11.7. The predicted octanol–water partition coefficient (Wildman–Crippen LogP) is 5.73. The van der Waals surface area contributed by atoms with Crippen molar-refractivity contribution in [2.24, 2.45) is 0 Å². The number of rotatable bonds is 4.